The molecule has 1 aromatic rings. The number of ether oxygens (including phenoxy) is 2. The Morgan fingerprint density at radius 2 is 1.95 bits per heavy atom. The second kappa shape index (κ2) is 4.38. The van der Waals surface area contributed by atoms with Gasteiger partial charge in [-0.3, -0.25) is 0 Å². The topological polar surface area (TPSA) is 18.5 Å². The molecule has 0 amide bonds. The Bertz CT molecular complexity index is 491. The van der Waals surface area contributed by atoms with Crippen LogP contribution in [-0.2, 0) is 16.1 Å². The molecule has 0 radical (unpaired) electrons. The lowest BCUT2D eigenvalue weighted by atomic mass is 9.81. The van der Waals surface area contributed by atoms with E-state index in [2.05, 4.69) is 39.0 Å². The average Bonchev–Trinajstić information content (AvgIpc) is 2.90. The summed E-state index contributed by atoms with van der Waals surface area (Å²) in [6.45, 7) is 7.23. The molecule has 19 heavy (non-hydrogen) atoms. The van der Waals surface area contributed by atoms with Crippen molar-refractivity contribution in [2.75, 3.05) is 0 Å². The molecule has 0 unspecified atom stereocenters. The van der Waals surface area contributed by atoms with Crippen LogP contribution < -0.4 is 0 Å². The fraction of sp³-hybridized carbons (Fsp3) is 0.529. The van der Waals surface area contributed by atoms with Crippen molar-refractivity contribution < 1.29 is 9.47 Å². The summed E-state index contributed by atoms with van der Waals surface area (Å²) >= 11 is 0. The third-order valence-electron chi connectivity index (χ3n) is 4.52. The van der Waals surface area contributed by atoms with Crippen LogP contribution in [0.5, 0.6) is 0 Å². The Balaban J connectivity index is 1.75. The lowest BCUT2D eigenvalue weighted by Gasteiger charge is -2.26. The first kappa shape index (κ1) is 12.7. The molecular formula is C17H22O2. The van der Waals surface area contributed by atoms with Crippen molar-refractivity contribution >= 4 is 0 Å². The molecule has 1 fully saturated rings. The van der Waals surface area contributed by atoms with E-state index in [1.54, 1.807) is 0 Å². The van der Waals surface area contributed by atoms with Gasteiger partial charge in [-0.1, -0.05) is 44.2 Å². The molecule has 3 rings (SSSR count). The highest BCUT2D eigenvalue weighted by atomic mass is 16.6. The predicted octanol–water partition coefficient (Wildman–Crippen LogP) is 4.06. The standard InChI is InChI=1S/C17H22O2/c1-13(2)17-10-9-16(3,19-17)15(11-17)18-12-14-7-5-4-6-8-14/h4-8,11,13H,9-10,12H2,1-3H3/t16-,17+/m1/s1. The van der Waals surface area contributed by atoms with E-state index in [-0.39, 0.29) is 11.2 Å². The molecule has 2 bridgehead atoms. The van der Waals surface area contributed by atoms with Gasteiger partial charge in [-0.2, -0.15) is 0 Å². The normalized spacial score (nSPS) is 32.7. The first-order chi connectivity index (χ1) is 9.04. The Morgan fingerprint density at radius 1 is 1.21 bits per heavy atom. The summed E-state index contributed by atoms with van der Waals surface area (Å²) in [5.41, 5.74) is 0.896. The predicted molar refractivity (Wildman–Crippen MR) is 75.6 cm³/mol. The van der Waals surface area contributed by atoms with Gasteiger partial charge in [-0.25, -0.2) is 0 Å². The summed E-state index contributed by atoms with van der Waals surface area (Å²) in [6.07, 6.45) is 4.40. The fourth-order valence-electron chi connectivity index (χ4n) is 3.11. The average molecular weight is 258 g/mol. The highest BCUT2D eigenvalue weighted by Gasteiger charge is 2.56. The Labute approximate surface area is 115 Å². The van der Waals surface area contributed by atoms with Crippen LogP contribution in [0.1, 0.15) is 39.2 Å². The minimum absolute atomic E-state index is 0.0965. The van der Waals surface area contributed by atoms with E-state index in [4.69, 9.17) is 9.47 Å². The van der Waals surface area contributed by atoms with Gasteiger partial charge < -0.3 is 9.47 Å². The molecule has 1 saturated heterocycles. The molecule has 102 valence electrons. The van der Waals surface area contributed by atoms with E-state index >= 15 is 0 Å². The van der Waals surface area contributed by atoms with E-state index in [0.29, 0.717) is 12.5 Å². The van der Waals surface area contributed by atoms with Crippen molar-refractivity contribution in [3.8, 4) is 0 Å². The van der Waals surface area contributed by atoms with Gasteiger partial charge in [0, 0.05) is 0 Å². The lowest BCUT2D eigenvalue weighted by Crippen LogP contribution is -2.30. The molecule has 0 aromatic heterocycles. The van der Waals surface area contributed by atoms with Gasteiger partial charge in [0.05, 0.1) is 5.60 Å². The van der Waals surface area contributed by atoms with Gasteiger partial charge in [0.25, 0.3) is 0 Å². The minimum atomic E-state index is -0.209. The summed E-state index contributed by atoms with van der Waals surface area (Å²) in [7, 11) is 0. The van der Waals surface area contributed by atoms with Gasteiger partial charge in [0.15, 0.2) is 0 Å². The van der Waals surface area contributed by atoms with E-state index in [1.807, 2.05) is 18.2 Å². The minimum Gasteiger partial charge on any atom is -0.490 e. The maximum Gasteiger partial charge on any atom is 0.127 e. The van der Waals surface area contributed by atoms with Gasteiger partial charge in [-0.05, 0) is 37.3 Å². The molecule has 0 spiro atoms. The van der Waals surface area contributed by atoms with E-state index in [0.717, 1.165) is 18.6 Å². The molecule has 2 aliphatic rings. The summed E-state index contributed by atoms with van der Waals surface area (Å²) in [5, 5.41) is 0. The molecule has 2 nitrogen and oxygen atoms in total. The van der Waals surface area contributed by atoms with Crippen molar-refractivity contribution in [2.45, 2.75) is 51.4 Å². The van der Waals surface area contributed by atoms with Crippen molar-refractivity contribution in [2.24, 2.45) is 5.92 Å². The summed E-state index contributed by atoms with van der Waals surface area (Å²) < 4.78 is 12.3. The van der Waals surface area contributed by atoms with Gasteiger partial charge >= 0.3 is 0 Å². The van der Waals surface area contributed by atoms with Gasteiger partial charge in [0.1, 0.15) is 18.0 Å². The number of fused-ring (bicyclic) bond motifs is 2. The zero-order chi connectivity index (χ0) is 13.5. The lowest BCUT2D eigenvalue weighted by molar-refractivity contribution is -0.0666. The first-order valence-corrected chi connectivity index (χ1v) is 7.14. The molecule has 2 heterocycles. The second-order valence-corrected chi connectivity index (χ2v) is 6.23. The molecule has 2 aliphatic heterocycles. The summed E-state index contributed by atoms with van der Waals surface area (Å²) in [4.78, 5) is 0. The van der Waals surface area contributed by atoms with Gasteiger partial charge in [-0.15, -0.1) is 0 Å². The number of benzene rings is 1. The Hall–Kier alpha value is -1.28. The maximum atomic E-state index is 6.29. The third-order valence-corrected chi connectivity index (χ3v) is 4.52. The van der Waals surface area contributed by atoms with Crippen LogP contribution in [0.2, 0.25) is 0 Å². The molecule has 2 heteroatoms. The first-order valence-electron chi connectivity index (χ1n) is 7.14. The third kappa shape index (κ3) is 2.08. The van der Waals surface area contributed by atoms with E-state index < -0.39 is 0 Å². The SMILES string of the molecule is CC(C)[C@@]12C=C(OCc3ccccc3)[C@@](C)(CC1)O2. The van der Waals surface area contributed by atoms with Crippen LogP contribution in [0.4, 0.5) is 0 Å². The number of hydrogen-bond acceptors (Lipinski definition) is 2. The Kier molecular flexibility index (Phi) is 2.94. The number of hydrogen-bond donors (Lipinski definition) is 0. The zero-order valence-corrected chi connectivity index (χ0v) is 12.0. The summed E-state index contributed by atoms with van der Waals surface area (Å²) in [6, 6.07) is 10.3. The monoisotopic (exact) mass is 258 g/mol. The fourth-order valence-corrected chi connectivity index (χ4v) is 3.11. The highest BCUT2D eigenvalue weighted by Crippen LogP contribution is 2.53. The highest BCUT2D eigenvalue weighted by molar-refractivity contribution is 5.29. The van der Waals surface area contributed by atoms with Crippen molar-refractivity contribution in [1.82, 2.24) is 0 Å². The van der Waals surface area contributed by atoms with Crippen LogP contribution in [0, 0.1) is 5.92 Å². The van der Waals surface area contributed by atoms with Crippen LogP contribution >= 0.6 is 0 Å². The van der Waals surface area contributed by atoms with Crippen LogP contribution in [0.25, 0.3) is 0 Å². The van der Waals surface area contributed by atoms with Crippen LogP contribution in [0.15, 0.2) is 42.2 Å². The largest absolute Gasteiger partial charge is 0.490 e. The van der Waals surface area contributed by atoms with Crippen LogP contribution in [0.3, 0.4) is 0 Å². The zero-order valence-electron chi connectivity index (χ0n) is 12.0. The molecule has 0 saturated carbocycles. The molecular weight excluding hydrogens is 236 g/mol. The second-order valence-electron chi connectivity index (χ2n) is 6.23. The molecule has 1 aromatic carbocycles. The Morgan fingerprint density at radius 3 is 2.58 bits per heavy atom. The van der Waals surface area contributed by atoms with Gasteiger partial charge in [0.2, 0.25) is 0 Å². The van der Waals surface area contributed by atoms with Crippen LogP contribution in [-0.4, -0.2) is 11.2 Å². The maximum absolute atomic E-state index is 6.29. The van der Waals surface area contributed by atoms with Crippen molar-refractivity contribution in [3.63, 3.8) is 0 Å². The number of rotatable bonds is 4. The molecule has 0 aliphatic carbocycles. The quantitative estimate of drug-likeness (QED) is 0.810. The van der Waals surface area contributed by atoms with Crippen molar-refractivity contribution in [1.29, 1.82) is 0 Å². The smallest absolute Gasteiger partial charge is 0.127 e. The van der Waals surface area contributed by atoms with Crippen molar-refractivity contribution in [3.05, 3.63) is 47.7 Å². The van der Waals surface area contributed by atoms with E-state index in [1.165, 1.54) is 5.56 Å². The molecule has 2 atom stereocenters. The molecule has 0 N–H and O–H groups in total. The summed E-state index contributed by atoms with van der Waals surface area (Å²) in [5.74, 6) is 1.52. The van der Waals surface area contributed by atoms with E-state index in [9.17, 15) is 0 Å².